The number of fused-ring (bicyclic) bond motifs is 1. The number of nitrogens with one attached hydrogen (secondary N) is 1. The quantitative estimate of drug-likeness (QED) is 0.897. The smallest absolute Gasteiger partial charge is 0.324 e. The van der Waals surface area contributed by atoms with E-state index in [2.05, 4.69) is 5.32 Å². The first-order valence-corrected chi connectivity index (χ1v) is 8.13. The molecule has 2 heterocycles. The minimum Gasteiger partial charge on any atom is -0.324 e. The summed E-state index contributed by atoms with van der Waals surface area (Å²) in [6.07, 6.45) is -3.28. The maximum absolute atomic E-state index is 12.5. The Morgan fingerprint density at radius 2 is 2.00 bits per heavy atom. The highest BCUT2D eigenvalue weighted by molar-refractivity contribution is 8.01. The molecular formula is C15H15F3N2O2S. The summed E-state index contributed by atoms with van der Waals surface area (Å²) in [6.45, 7) is 1.94. The number of carbonyl (C=O) groups excluding carboxylic acids is 2. The van der Waals surface area contributed by atoms with Crippen molar-refractivity contribution in [1.29, 1.82) is 0 Å². The highest BCUT2D eigenvalue weighted by Crippen LogP contribution is 2.47. The topological polar surface area (TPSA) is 49.4 Å². The van der Waals surface area contributed by atoms with Crippen LogP contribution in [-0.2, 0) is 15.8 Å². The van der Waals surface area contributed by atoms with Gasteiger partial charge < -0.3 is 10.2 Å². The molecule has 2 fully saturated rings. The number of carbonyl (C=O) groups is 2. The molecule has 8 heteroatoms. The largest absolute Gasteiger partial charge is 0.416 e. The lowest BCUT2D eigenvalue weighted by atomic mass is 10.2. The summed E-state index contributed by atoms with van der Waals surface area (Å²) in [7, 11) is 0. The first kappa shape index (κ1) is 16.2. The Bertz CT molecular complexity index is 647. The van der Waals surface area contributed by atoms with Gasteiger partial charge in [0.25, 0.3) is 0 Å². The molecule has 0 saturated carbocycles. The van der Waals surface area contributed by atoms with Crippen molar-refractivity contribution in [2.24, 2.45) is 0 Å². The van der Waals surface area contributed by atoms with Gasteiger partial charge in [0.1, 0.15) is 6.04 Å². The molecular weight excluding hydrogens is 329 g/mol. The minimum absolute atomic E-state index is 0.0509. The first-order chi connectivity index (χ1) is 10.7. The van der Waals surface area contributed by atoms with E-state index in [9.17, 15) is 22.8 Å². The van der Waals surface area contributed by atoms with E-state index in [0.29, 0.717) is 18.6 Å². The van der Waals surface area contributed by atoms with Crippen LogP contribution in [0.15, 0.2) is 24.3 Å². The Kier molecular flexibility index (Phi) is 3.82. The Morgan fingerprint density at radius 3 is 2.61 bits per heavy atom. The van der Waals surface area contributed by atoms with E-state index >= 15 is 0 Å². The lowest BCUT2D eigenvalue weighted by Crippen LogP contribution is -2.48. The highest BCUT2D eigenvalue weighted by Gasteiger charge is 2.52. The maximum Gasteiger partial charge on any atom is 0.416 e. The van der Waals surface area contributed by atoms with Gasteiger partial charge in [0.05, 0.1) is 10.4 Å². The van der Waals surface area contributed by atoms with Crippen LogP contribution < -0.4 is 5.32 Å². The third kappa shape index (κ3) is 2.91. The van der Waals surface area contributed by atoms with E-state index in [0.717, 1.165) is 12.1 Å². The van der Waals surface area contributed by atoms with Crippen molar-refractivity contribution >= 4 is 29.3 Å². The lowest BCUT2D eigenvalue weighted by molar-refractivity contribution is -0.137. The third-order valence-corrected chi connectivity index (χ3v) is 5.73. The standard InChI is InChI=1S/C15H15F3N2O2S/c1-14-7-6-12(21)20(14)11(8-23-14)13(22)19-10-4-2-9(3-5-10)15(16,17)18/h2-5,11H,6-8H2,1H3,(H,19,22)/t11-,14-/m0/s1. The van der Waals surface area contributed by atoms with Crippen molar-refractivity contribution in [3.8, 4) is 0 Å². The number of hydrogen-bond acceptors (Lipinski definition) is 3. The van der Waals surface area contributed by atoms with Crippen LogP contribution in [0.5, 0.6) is 0 Å². The van der Waals surface area contributed by atoms with Gasteiger partial charge in [-0.25, -0.2) is 0 Å². The zero-order valence-corrected chi connectivity index (χ0v) is 13.1. The zero-order valence-electron chi connectivity index (χ0n) is 12.3. The van der Waals surface area contributed by atoms with Gasteiger partial charge in [0.15, 0.2) is 0 Å². The van der Waals surface area contributed by atoms with Gasteiger partial charge in [-0.2, -0.15) is 13.2 Å². The van der Waals surface area contributed by atoms with Crippen molar-refractivity contribution in [3.63, 3.8) is 0 Å². The van der Waals surface area contributed by atoms with Crippen LogP contribution in [0.25, 0.3) is 0 Å². The molecule has 1 aromatic carbocycles. The van der Waals surface area contributed by atoms with Gasteiger partial charge in [0.2, 0.25) is 11.8 Å². The predicted molar refractivity (Wildman–Crippen MR) is 80.8 cm³/mol. The summed E-state index contributed by atoms with van der Waals surface area (Å²) >= 11 is 1.57. The van der Waals surface area contributed by atoms with Crippen LogP contribution in [0.2, 0.25) is 0 Å². The van der Waals surface area contributed by atoms with Gasteiger partial charge in [-0.3, -0.25) is 9.59 Å². The Hall–Kier alpha value is -1.70. The molecule has 2 amide bonds. The second-order valence-electron chi connectivity index (χ2n) is 5.83. The fourth-order valence-corrected chi connectivity index (χ4v) is 4.41. The van der Waals surface area contributed by atoms with Gasteiger partial charge in [0, 0.05) is 17.9 Å². The van der Waals surface area contributed by atoms with Crippen molar-refractivity contribution in [3.05, 3.63) is 29.8 Å². The molecule has 0 radical (unpaired) electrons. The number of alkyl halides is 3. The molecule has 2 aliphatic heterocycles. The van der Waals surface area contributed by atoms with E-state index in [1.807, 2.05) is 6.92 Å². The lowest BCUT2D eigenvalue weighted by Gasteiger charge is -2.29. The zero-order chi connectivity index (χ0) is 16.8. The van der Waals surface area contributed by atoms with Crippen LogP contribution >= 0.6 is 11.8 Å². The van der Waals surface area contributed by atoms with Crippen LogP contribution in [0.3, 0.4) is 0 Å². The number of rotatable bonds is 2. The number of nitrogens with zero attached hydrogens (tertiary/aromatic N) is 1. The highest BCUT2D eigenvalue weighted by atomic mass is 32.2. The molecule has 0 aliphatic carbocycles. The Morgan fingerprint density at radius 1 is 1.35 bits per heavy atom. The second-order valence-corrected chi connectivity index (χ2v) is 7.33. The fraction of sp³-hybridized carbons (Fsp3) is 0.467. The maximum atomic E-state index is 12.5. The van der Waals surface area contributed by atoms with Gasteiger partial charge in [-0.05, 0) is 37.6 Å². The number of halogens is 3. The summed E-state index contributed by atoms with van der Waals surface area (Å²) in [4.78, 5) is 25.6. The summed E-state index contributed by atoms with van der Waals surface area (Å²) in [5.41, 5.74) is -0.484. The molecule has 2 atom stereocenters. The van der Waals surface area contributed by atoms with Crippen molar-refractivity contribution in [2.75, 3.05) is 11.1 Å². The van der Waals surface area contributed by atoms with Crippen molar-refractivity contribution < 1.29 is 22.8 Å². The van der Waals surface area contributed by atoms with Crippen LogP contribution in [0.4, 0.5) is 18.9 Å². The van der Waals surface area contributed by atoms with E-state index in [4.69, 9.17) is 0 Å². The van der Waals surface area contributed by atoms with Crippen molar-refractivity contribution in [2.45, 2.75) is 36.9 Å². The van der Waals surface area contributed by atoms with Crippen LogP contribution in [0.1, 0.15) is 25.3 Å². The SMILES string of the molecule is C[C@]12CCC(=O)N1[C@H](C(=O)Nc1ccc(C(F)(F)F)cc1)CS2. The summed E-state index contributed by atoms with van der Waals surface area (Å²) in [5, 5.41) is 2.60. The molecule has 0 bridgehead atoms. The molecule has 23 heavy (non-hydrogen) atoms. The molecule has 4 nitrogen and oxygen atoms in total. The molecule has 1 aromatic rings. The van der Waals surface area contributed by atoms with Crippen molar-refractivity contribution in [1.82, 2.24) is 4.90 Å². The number of thioether (sulfide) groups is 1. The minimum atomic E-state index is -4.41. The number of hydrogen-bond donors (Lipinski definition) is 1. The summed E-state index contributed by atoms with van der Waals surface area (Å²) in [6, 6.07) is 3.69. The Balaban J connectivity index is 1.71. The number of anilines is 1. The number of amides is 2. The Labute approximate surface area is 135 Å². The summed E-state index contributed by atoms with van der Waals surface area (Å²) < 4.78 is 37.6. The summed E-state index contributed by atoms with van der Waals surface area (Å²) in [5.74, 6) is 0.0793. The predicted octanol–water partition coefficient (Wildman–Crippen LogP) is 3.10. The van der Waals surface area contributed by atoms with E-state index in [1.54, 1.807) is 16.7 Å². The molecule has 124 valence electrons. The fourth-order valence-electron chi connectivity index (χ4n) is 2.98. The normalized spacial score (nSPS) is 27.2. The molecule has 0 aromatic heterocycles. The second kappa shape index (κ2) is 5.43. The number of benzene rings is 1. The molecule has 2 aliphatic rings. The van der Waals surface area contributed by atoms with Gasteiger partial charge in [-0.1, -0.05) is 0 Å². The molecule has 0 spiro atoms. The van der Waals surface area contributed by atoms with E-state index in [1.165, 1.54) is 12.1 Å². The molecule has 3 rings (SSSR count). The molecule has 1 N–H and O–H groups in total. The molecule has 0 unspecified atom stereocenters. The van der Waals surface area contributed by atoms with E-state index in [-0.39, 0.29) is 22.4 Å². The van der Waals surface area contributed by atoms with Crippen LogP contribution in [-0.4, -0.2) is 33.4 Å². The average Bonchev–Trinajstić information content (AvgIpc) is 2.96. The first-order valence-electron chi connectivity index (χ1n) is 7.15. The average molecular weight is 344 g/mol. The van der Waals surface area contributed by atoms with E-state index < -0.39 is 17.8 Å². The van der Waals surface area contributed by atoms with Gasteiger partial charge >= 0.3 is 6.18 Å². The monoisotopic (exact) mass is 344 g/mol. The van der Waals surface area contributed by atoms with Crippen LogP contribution in [0, 0.1) is 0 Å². The molecule has 2 saturated heterocycles. The van der Waals surface area contributed by atoms with Gasteiger partial charge in [-0.15, -0.1) is 11.8 Å². The third-order valence-electron chi connectivity index (χ3n) is 4.23.